The van der Waals surface area contributed by atoms with Crippen molar-refractivity contribution < 1.29 is 9.59 Å². The number of piperazine rings is 1. The molecule has 1 unspecified atom stereocenters. The molecule has 2 aliphatic rings. The van der Waals surface area contributed by atoms with Crippen molar-refractivity contribution in [2.75, 3.05) is 6.54 Å². The number of nitrogens with one attached hydrogen (secondary N) is 1. The van der Waals surface area contributed by atoms with Gasteiger partial charge in [0.2, 0.25) is 11.8 Å². The minimum absolute atomic E-state index is 0.0204. The van der Waals surface area contributed by atoms with Crippen molar-refractivity contribution in [1.29, 1.82) is 0 Å². The molecule has 4 heteroatoms. The van der Waals surface area contributed by atoms with E-state index in [0.717, 1.165) is 19.4 Å². The number of nitrogens with zero attached hydrogens (tertiary/aromatic N) is 1. The molecule has 2 rings (SSSR count). The van der Waals surface area contributed by atoms with Crippen LogP contribution in [0.5, 0.6) is 0 Å². The van der Waals surface area contributed by atoms with Crippen LogP contribution < -0.4 is 5.32 Å². The highest BCUT2D eigenvalue weighted by Gasteiger charge is 2.46. The Morgan fingerprint density at radius 2 is 2.00 bits per heavy atom. The maximum absolute atomic E-state index is 12.1. The molecule has 4 nitrogen and oxygen atoms in total. The summed E-state index contributed by atoms with van der Waals surface area (Å²) in [5.41, 5.74) is -0.208. The van der Waals surface area contributed by atoms with Crippen LogP contribution in [-0.2, 0) is 9.59 Å². The molecule has 0 spiro atoms. The summed E-state index contributed by atoms with van der Waals surface area (Å²) in [5.74, 6) is 0.108. The van der Waals surface area contributed by atoms with E-state index in [2.05, 4.69) is 5.32 Å². The van der Waals surface area contributed by atoms with Gasteiger partial charge in [-0.25, -0.2) is 0 Å². The molecule has 2 saturated heterocycles. The van der Waals surface area contributed by atoms with Gasteiger partial charge in [0.15, 0.2) is 0 Å². The summed E-state index contributed by atoms with van der Waals surface area (Å²) in [6.45, 7) is 6.67. The van der Waals surface area contributed by atoms with E-state index in [1.807, 2.05) is 20.8 Å². The first-order chi connectivity index (χ1) is 6.91. The van der Waals surface area contributed by atoms with E-state index < -0.39 is 0 Å². The van der Waals surface area contributed by atoms with Gasteiger partial charge >= 0.3 is 0 Å². The van der Waals surface area contributed by atoms with Crippen LogP contribution in [-0.4, -0.2) is 35.3 Å². The molecule has 0 aromatic heterocycles. The molecule has 0 aromatic carbocycles. The molecule has 2 fully saturated rings. The quantitative estimate of drug-likeness (QED) is 0.633. The normalized spacial score (nSPS) is 31.5. The lowest BCUT2D eigenvalue weighted by molar-refractivity contribution is -0.150. The fourth-order valence-corrected chi connectivity index (χ4v) is 2.36. The molecule has 1 N–H and O–H groups in total. The van der Waals surface area contributed by atoms with Crippen LogP contribution in [0.4, 0.5) is 0 Å². The standard InChI is InChI=1S/C11H18N2O2/c1-11(2,3)8-10(15)13-6-4-5-7(13)9(14)12-8/h7-8H,4-6H2,1-3H3,(H,12,14)/t7?,8-/m1/s1. The third kappa shape index (κ3) is 1.62. The summed E-state index contributed by atoms with van der Waals surface area (Å²) in [5, 5.41) is 2.85. The monoisotopic (exact) mass is 210 g/mol. The van der Waals surface area contributed by atoms with Gasteiger partial charge in [-0.2, -0.15) is 0 Å². The Balaban J connectivity index is 2.25. The van der Waals surface area contributed by atoms with Gasteiger partial charge in [-0.05, 0) is 18.3 Å². The Labute approximate surface area is 90.0 Å². The summed E-state index contributed by atoms with van der Waals surface area (Å²) < 4.78 is 0. The van der Waals surface area contributed by atoms with E-state index in [0.29, 0.717) is 0 Å². The lowest BCUT2D eigenvalue weighted by atomic mass is 9.84. The maximum atomic E-state index is 12.1. The molecule has 0 aromatic rings. The van der Waals surface area contributed by atoms with Gasteiger partial charge in [-0.15, -0.1) is 0 Å². The third-order valence-corrected chi connectivity index (χ3v) is 3.24. The van der Waals surface area contributed by atoms with Crippen LogP contribution in [0.1, 0.15) is 33.6 Å². The smallest absolute Gasteiger partial charge is 0.246 e. The average Bonchev–Trinajstić information content (AvgIpc) is 2.58. The SMILES string of the molecule is CC(C)(C)[C@@H]1NC(=O)C2CCCN2C1=O. The van der Waals surface area contributed by atoms with E-state index in [4.69, 9.17) is 0 Å². The van der Waals surface area contributed by atoms with Crippen LogP contribution in [0.15, 0.2) is 0 Å². The number of carbonyl (C=O) groups excluding carboxylic acids is 2. The lowest BCUT2D eigenvalue weighted by Crippen LogP contribution is -2.64. The molecule has 2 atom stereocenters. The average molecular weight is 210 g/mol. The molecular weight excluding hydrogens is 192 g/mol. The Kier molecular flexibility index (Phi) is 2.24. The number of carbonyl (C=O) groups is 2. The van der Waals surface area contributed by atoms with Crippen LogP contribution in [0.3, 0.4) is 0 Å². The fourth-order valence-electron chi connectivity index (χ4n) is 2.36. The summed E-state index contributed by atoms with van der Waals surface area (Å²) in [7, 11) is 0. The molecule has 15 heavy (non-hydrogen) atoms. The van der Waals surface area contributed by atoms with Crippen molar-refractivity contribution in [2.24, 2.45) is 5.41 Å². The Hall–Kier alpha value is -1.06. The van der Waals surface area contributed by atoms with Crippen molar-refractivity contribution in [1.82, 2.24) is 10.2 Å². The Morgan fingerprint density at radius 1 is 1.33 bits per heavy atom. The van der Waals surface area contributed by atoms with Gasteiger partial charge in [0.25, 0.3) is 0 Å². The second-order valence-corrected chi connectivity index (χ2v) is 5.50. The van der Waals surface area contributed by atoms with Gasteiger partial charge < -0.3 is 10.2 Å². The van der Waals surface area contributed by atoms with Gasteiger partial charge in [-0.3, -0.25) is 9.59 Å². The minimum atomic E-state index is -0.362. The van der Waals surface area contributed by atoms with Crippen LogP contribution in [0, 0.1) is 5.41 Å². The largest absolute Gasteiger partial charge is 0.342 e. The highest BCUT2D eigenvalue weighted by Crippen LogP contribution is 2.29. The number of hydrogen-bond donors (Lipinski definition) is 1. The zero-order valence-corrected chi connectivity index (χ0v) is 9.54. The van der Waals surface area contributed by atoms with E-state index in [-0.39, 0.29) is 29.3 Å². The Morgan fingerprint density at radius 3 is 2.60 bits per heavy atom. The Bertz CT molecular complexity index is 306. The molecule has 0 radical (unpaired) electrons. The van der Waals surface area contributed by atoms with E-state index >= 15 is 0 Å². The van der Waals surface area contributed by atoms with Gasteiger partial charge in [0, 0.05) is 6.54 Å². The first kappa shape index (κ1) is 10.5. The minimum Gasteiger partial charge on any atom is -0.342 e. The van der Waals surface area contributed by atoms with Crippen molar-refractivity contribution in [3.8, 4) is 0 Å². The number of fused-ring (bicyclic) bond motifs is 1. The number of hydrogen-bond acceptors (Lipinski definition) is 2. The van der Waals surface area contributed by atoms with Crippen molar-refractivity contribution in [3.05, 3.63) is 0 Å². The van der Waals surface area contributed by atoms with Crippen molar-refractivity contribution in [2.45, 2.75) is 45.7 Å². The van der Waals surface area contributed by atoms with Crippen molar-refractivity contribution in [3.63, 3.8) is 0 Å². The van der Waals surface area contributed by atoms with Crippen LogP contribution >= 0.6 is 0 Å². The molecule has 2 amide bonds. The summed E-state index contributed by atoms with van der Waals surface area (Å²) in [6.07, 6.45) is 1.76. The highest BCUT2D eigenvalue weighted by atomic mass is 16.2. The second kappa shape index (κ2) is 3.22. The topological polar surface area (TPSA) is 49.4 Å². The molecule has 2 heterocycles. The van der Waals surface area contributed by atoms with Crippen LogP contribution in [0.2, 0.25) is 0 Å². The molecule has 0 aliphatic carbocycles. The maximum Gasteiger partial charge on any atom is 0.246 e. The van der Waals surface area contributed by atoms with Gasteiger partial charge in [-0.1, -0.05) is 20.8 Å². The summed E-state index contributed by atoms with van der Waals surface area (Å²) in [6, 6.07) is -0.560. The lowest BCUT2D eigenvalue weighted by Gasteiger charge is -2.40. The summed E-state index contributed by atoms with van der Waals surface area (Å²) >= 11 is 0. The fraction of sp³-hybridized carbons (Fsp3) is 0.818. The van der Waals surface area contributed by atoms with Crippen LogP contribution in [0.25, 0.3) is 0 Å². The second-order valence-electron chi connectivity index (χ2n) is 5.50. The summed E-state index contributed by atoms with van der Waals surface area (Å²) in [4.78, 5) is 25.6. The predicted octanol–water partition coefficient (Wildman–Crippen LogP) is 0.522. The van der Waals surface area contributed by atoms with Gasteiger partial charge in [0.05, 0.1) is 0 Å². The molecule has 2 aliphatic heterocycles. The van der Waals surface area contributed by atoms with Gasteiger partial charge in [0.1, 0.15) is 12.1 Å². The molecule has 0 bridgehead atoms. The number of amides is 2. The van der Waals surface area contributed by atoms with E-state index in [1.165, 1.54) is 0 Å². The van der Waals surface area contributed by atoms with Crippen molar-refractivity contribution >= 4 is 11.8 Å². The molecule has 84 valence electrons. The van der Waals surface area contributed by atoms with E-state index in [1.54, 1.807) is 4.90 Å². The third-order valence-electron chi connectivity index (χ3n) is 3.24. The zero-order valence-electron chi connectivity index (χ0n) is 9.54. The first-order valence-electron chi connectivity index (χ1n) is 5.52. The molecular formula is C11H18N2O2. The predicted molar refractivity (Wildman–Crippen MR) is 56.1 cm³/mol. The highest BCUT2D eigenvalue weighted by molar-refractivity contribution is 5.97. The zero-order chi connectivity index (χ0) is 11.2. The number of rotatable bonds is 0. The first-order valence-corrected chi connectivity index (χ1v) is 5.52. The molecule has 0 saturated carbocycles. The van der Waals surface area contributed by atoms with E-state index in [9.17, 15) is 9.59 Å².